The molecule has 0 spiro atoms. The van der Waals surface area contributed by atoms with Crippen molar-refractivity contribution in [2.75, 3.05) is 0 Å². The SMILES string of the molecule is CCCc1ccccc1C.NC(=O)O. The van der Waals surface area contributed by atoms with Gasteiger partial charge in [-0.15, -0.1) is 0 Å². The normalized spacial score (nSPS) is 8.71. The van der Waals surface area contributed by atoms with E-state index in [-0.39, 0.29) is 0 Å². The summed E-state index contributed by atoms with van der Waals surface area (Å²) in [5.74, 6) is 0. The summed E-state index contributed by atoms with van der Waals surface area (Å²) >= 11 is 0. The first-order valence-electron chi connectivity index (χ1n) is 4.60. The average Bonchev–Trinajstić information content (AvgIpc) is 2.08. The molecule has 0 saturated carbocycles. The summed E-state index contributed by atoms with van der Waals surface area (Å²) in [6.45, 7) is 4.39. The van der Waals surface area contributed by atoms with Crippen LogP contribution in [0.1, 0.15) is 24.5 Å². The van der Waals surface area contributed by atoms with Crippen LogP contribution in [-0.2, 0) is 6.42 Å². The number of amides is 1. The van der Waals surface area contributed by atoms with E-state index in [1.807, 2.05) is 0 Å². The van der Waals surface area contributed by atoms with Crippen molar-refractivity contribution in [3.05, 3.63) is 35.4 Å². The Balaban J connectivity index is 0.000000364. The third-order valence-corrected chi connectivity index (χ3v) is 1.78. The van der Waals surface area contributed by atoms with Crippen molar-refractivity contribution in [1.82, 2.24) is 0 Å². The molecule has 0 fully saturated rings. The van der Waals surface area contributed by atoms with Gasteiger partial charge in [-0.05, 0) is 24.5 Å². The minimum absolute atomic E-state index is 1.21. The van der Waals surface area contributed by atoms with E-state index in [9.17, 15) is 0 Å². The van der Waals surface area contributed by atoms with Gasteiger partial charge < -0.3 is 10.8 Å². The van der Waals surface area contributed by atoms with Crippen LogP contribution in [0.4, 0.5) is 4.79 Å². The van der Waals surface area contributed by atoms with E-state index in [1.165, 1.54) is 24.0 Å². The summed E-state index contributed by atoms with van der Waals surface area (Å²) in [5, 5.41) is 7.19. The second kappa shape index (κ2) is 6.95. The van der Waals surface area contributed by atoms with Crippen LogP contribution < -0.4 is 5.73 Å². The maximum Gasteiger partial charge on any atom is 0.402 e. The number of hydrogen-bond donors (Lipinski definition) is 2. The monoisotopic (exact) mass is 195 g/mol. The predicted octanol–water partition coefficient (Wildman–Crippen LogP) is 2.57. The van der Waals surface area contributed by atoms with E-state index in [4.69, 9.17) is 9.90 Å². The molecular weight excluding hydrogens is 178 g/mol. The van der Waals surface area contributed by atoms with Gasteiger partial charge >= 0.3 is 6.09 Å². The van der Waals surface area contributed by atoms with Gasteiger partial charge in [0.25, 0.3) is 0 Å². The van der Waals surface area contributed by atoms with E-state index >= 15 is 0 Å². The van der Waals surface area contributed by atoms with Gasteiger partial charge in [-0.3, -0.25) is 0 Å². The van der Waals surface area contributed by atoms with Gasteiger partial charge in [0.15, 0.2) is 0 Å². The number of carbonyl (C=O) groups is 1. The summed E-state index contributed by atoms with van der Waals surface area (Å²) in [4.78, 5) is 8.78. The van der Waals surface area contributed by atoms with Gasteiger partial charge in [0, 0.05) is 0 Å². The van der Waals surface area contributed by atoms with E-state index in [0.717, 1.165) is 0 Å². The number of primary amides is 1. The number of rotatable bonds is 2. The third-order valence-electron chi connectivity index (χ3n) is 1.78. The molecule has 0 atom stereocenters. The fourth-order valence-electron chi connectivity index (χ4n) is 1.16. The highest BCUT2D eigenvalue weighted by Gasteiger charge is 1.92. The predicted molar refractivity (Wildman–Crippen MR) is 57.4 cm³/mol. The lowest BCUT2D eigenvalue weighted by Crippen LogP contribution is -2.03. The molecule has 1 aromatic carbocycles. The highest BCUT2D eigenvalue weighted by atomic mass is 16.4. The Morgan fingerprint density at radius 1 is 1.43 bits per heavy atom. The number of hydrogen-bond acceptors (Lipinski definition) is 1. The molecule has 14 heavy (non-hydrogen) atoms. The maximum absolute atomic E-state index is 8.78. The first-order chi connectivity index (χ1) is 6.57. The zero-order valence-corrected chi connectivity index (χ0v) is 8.66. The Labute approximate surface area is 84.6 Å². The van der Waals surface area contributed by atoms with Crippen molar-refractivity contribution in [2.45, 2.75) is 26.7 Å². The smallest absolute Gasteiger partial charge is 0.402 e. The molecular formula is C11H17NO2. The molecule has 0 radical (unpaired) electrons. The lowest BCUT2D eigenvalue weighted by Gasteiger charge is -2.01. The summed E-state index contributed by atoms with van der Waals surface area (Å²) < 4.78 is 0. The fourth-order valence-corrected chi connectivity index (χ4v) is 1.16. The third kappa shape index (κ3) is 6.06. The van der Waals surface area contributed by atoms with Crippen LogP contribution >= 0.6 is 0 Å². The van der Waals surface area contributed by atoms with Crippen molar-refractivity contribution in [3.8, 4) is 0 Å². The maximum atomic E-state index is 8.78. The molecule has 1 amide bonds. The Bertz CT molecular complexity index is 280. The first kappa shape index (κ1) is 12.5. The molecule has 0 aliphatic carbocycles. The molecule has 1 rings (SSSR count). The molecule has 0 aliphatic heterocycles. The van der Waals surface area contributed by atoms with Crippen LogP contribution in [0.15, 0.2) is 24.3 Å². The molecule has 1 aromatic rings. The van der Waals surface area contributed by atoms with Gasteiger partial charge in [0.1, 0.15) is 0 Å². The topological polar surface area (TPSA) is 63.3 Å². The van der Waals surface area contributed by atoms with Crippen LogP contribution in [0.5, 0.6) is 0 Å². The molecule has 0 aliphatic rings. The first-order valence-corrected chi connectivity index (χ1v) is 4.60. The zero-order valence-electron chi connectivity index (χ0n) is 8.66. The molecule has 3 N–H and O–H groups in total. The lowest BCUT2D eigenvalue weighted by atomic mass is 10.1. The molecule has 0 saturated heterocycles. The van der Waals surface area contributed by atoms with Gasteiger partial charge in [0.2, 0.25) is 0 Å². The largest absolute Gasteiger partial charge is 0.465 e. The molecule has 0 heterocycles. The minimum Gasteiger partial charge on any atom is -0.465 e. The van der Waals surface area contributed by atoms with E-state index in [2.05, 4.69) is 43.8 Å². The Morgan fingerprint density at radius 3 is 2.36 bits per heavy atom. The second-order valence-electron chi connectivity index (χ2n) is 3.01. The summed E-state index contributed by atoms with van der Waals surface area (Å²) in [6.07, 6.45) is 1.12. The van der Waals surface area contributed by atoms with Gasteiger partial charge in [-0.25, -0.2) is 4.79 Å². The number of nitrogens with two attached hydrogens (primary N) is 1. The lowest BCUT2D eigenvalue weighted by molar-refractivity contribution is 0.205. The van der Waals surface area contributed by atoms with Crippen LogP contribution in [-0.4, -0.2) is 11.2 Å². The summed E-state index contributed by atoms with van der Waals surface area (Å²) in [7, 11) is 0. The van der Waals surface area contributed by atoms with Gasteiger partial charge in [-0.2, -0.15) is 0 Å². The van der Waals surface area contributed by atoms with Crippen molar-refractivity contribution < 1.29 is 9.90 Å². The Morgan fingerprint density at radius 2 is 1.93 bits per heavy atom. The van der Waals surface area contributed by atoms with E-state index < -0.39 is 6.09 Å². The van der Waals surface area contributed by atoms with E-state index in [1.54, 1.807) is 0 Å². The molecule has 78 valence electrons. The quantitative estimate of drug-likeness (QED) is 0.761. The van der Waals surface area contributed by atoms with Crippen molar-refractivity contribution in [2.24, 2.45) is 5.73 Å². The number of aryl methyl sites for hydroxylation is 2. The molecule has 3 nitrogen and oxygen atoms in total. The molecule has 0 aromatic heterocycles. The highest BCUT2D eigenvalue weighted by Crippen LogP contribution is 2.08. The Hall–Kier alpha value is -1.51. The molecule has 0 unspecified atom stereocenters. The van der Waals surface area contributed by atoms with Crippen LogP contribution in [0, 0.1) is 6.92 Å². The van der Waals surface area contributed by atoms with Crippen LogP contribution in [0.3, 0.4) is 0 Å². The average molecular weight is 195 g/mol. The molecule has 0 bridgehead atoms. The second-order valence-corrected chi connectivity index (χ2v) is 3.01. The number of carboxylic acid groups (broad SMARTS) is 1. The van der Waals surface area contributed by atoms with Crippen molar-refractivity contribution in [3.63, 3.8) is 0 Å². The van der Waals surface area contributed by atoms with Gasteiger partial charge in [-0.1, -0.05) is 37.6 Å². The summed E-state index contributed by atoms with van der Waals surface area (Å²) in [5.41, 5.74) is 6.94. The standard InChI is InChI=1S/C10H14.CH3NO2/c1-3-6-10-8-5-4-7-9(10)2;2-1(3)4/h4-5,7-8H,3,6H2,1-2H3;2H2,(H,3,4). The van der Waals surface area contributed by atoms with Crippen molar-refractivity contribution in [1.29, 1.82) is 0 Å². The highest BCUT2D eigenvalue weighted by molar-refractivity contribution is 5.61. The summed E-state index contributed by atoms with van der Waals surface area (Å²) in [6, 6.07) is 8.58. The van der Waals surface area contributed by atoms with E-state index in [0.29, 0.717) is 0 Å². The minimum atomic E-state index is -1.33. The van der Waals surface area contributed by atoms with Crippen LogP contribution in [0.2, 0.25) is 0 Å². The fraction of sp³-hybridized carbons (Fsp3) is 0.364. The van der Waals surface area contributed by atoms with Crippen LogP contribution in [0.25, 0.3) is 0 Å². The molecule has 3 heteroatoms. The number of benzene rings is 1. The van der Waals surface area contributed by atoms with Crippen molar-refractivity contribution >= 4 is 6.09 Å². The van der Waals surface area contributed by atoms with Gasteiger partial charge in [0.05, 0.1) is 0 Å². The zero-order chi connectivity index (χ0) is 11.0. The Kier molecular flexibility index (Phi) is 6.20.